The SMILES string of the molecule is CCCN(C(=N)N=C(N)N)c1ccc(F)cc1CC. The summed E-state index contributed by atoms with van der Waals surface area (Å²) < 4.78 is 13.3. The Morgan fingerprint density at radius 3 is 2.58 bits per heavy atom. The third-order valence-electron chi connectivity index (χ3n) is 2.65. The Hall–Kier alpha value is -2.11. The molecule has 0 heterocycles. The standard InChI is InChI=1S/C13H20FN5/c1-3-7-19(13(17)18-12(15)16)11-6-5-10(14)8-9(11)4-2/h5-6,8H,3-4,7H2,1-2H3,(H5,15,16,17,18). The lowest BCUT2D eigenvalue weighted by Crippen LogP contribution is -2.34. The molecule has 0 aliphatic carbocycles. The van der Waals surface area contributed by atoms with Crippen molar-refractivity contribution in [1.82, 2.24) is 0 Å². The van der Waals surface area contributed by atoms with E-state index in [1.165, 1.54) is 12.1 Å². The van der Waals surface area contributed by atoms with Crippen molar-refractivity contribution >= 4 is 17.6 Å². The van der Waals surface area contributed by atoms with Gasteiger partial charge >= 0.3 is 0 Å². The molecule has 0 spiro atoms. The van der Waals surface area contributed by atoms with Crippen LogP contribution in [0.25, 0.3) is 0 Å². The van der Waals surface area contributed by atoms with Gasteiger partial charge in [-0.05, 0) is 36.6 Å². The summed E-state index contributed by atoms with van der Waals surface area (Å²) in [5.41, 5.74) is 12.2. The van der Waals surface area contributed by atoms with Crippen LogP contribution in [-0.4, -0.2) is 18.5 Å². The van der Waals surface area contributed by atoms with Crippen LogP contribution in [0.5, 0.6) is 0 Å². The molecule has 0 radical (unpaired) electrons. The third kappa shape index (κ3) is 3.94. The number of halogens is 1. The highest BCUT2D eigenvalue weighted by Crippen LogP contribution is 2.23. The molecule has 0 aromatic heterocycles. The zero-order chi connectivity index (χ0) is 14.4. The summed E-state index contributed by atoms with van der Waals surface area (Å²) >= 11 is 0. The van der Waals surface area contributed by atoms with Crippen LogP contribution >= 0.6 is 0 Å². The number of nitrogens with one attached hydrogen (secondary N) is 1. The molecule has 0 bridgehead atoms. The number of hydrogen-bond acceptors (Lipinski definition) is 1. The van der Waals surface area contributed by atoms with Crippen LogP contribution in [0.15, 0.2) is 23.2 Å². The van der Waals surface area contributed by atoms with Crippen LogP contribution in [0, 0.1) is 11.2 Å². The highest BCUT2D eigenvalue weighted by Gasteiger charge is 2.15. The molecule has 19 heavy (non-hydrogen) atoms. The van der Waals surface area contributed by atoms with Gasteiger partial charge in [-0.25, -0.2) is 4.39 Å². The number of nitrogens with zero attached hydrogens (tertiary/aromatic N) is 2. The Morgan fingerprint density at radius 2 is 2.05 bits per heavy atom. The van der Waals surface area contributed by atoms with E-state index >= 15 is 0 Å². The van der Waals surface area contributed by atoms with E-state index in [1.54, 1.807) is 11.0 Å². The van der Waals surface area contributed by atoms with Gasteiger partial charge in [0.1, 0.15) is 5.82 Å². The minimum Gasteiger partial charge on any atom is -0.370 e. The molecule has 0 saturated heterocycles. The first-order valence-electron chi connectivity index (χ1n) is 6.23. The van der Waals surface area contributed by atoms with E-state index in [-0.39, 0.29) is 17.7 Å². The van der Waals surface area contributed by atoms with Crippen molar-refractivity contribution in [3.05, 3.63) is 29.6 Å². The normalized spacial score (nSPS) is 10.1. The van der Waals surface area contributed by atoms with Gasteiger partial charge in [0, 0.05) is 12.2 Å². The molecule has 1 aromatic carbocycles. The molecular weight excluding hydrogens is 245 g/mol. The van der Waals surface area contributed by atoms with E-state index in [1.807, 2.05) is 13.8 Å². The molecule has 5 nitrogen and oxygen atoms in total. The molecule has 0 aliphatic heterocycles. The number of hydrogen-bond donors (Lipinski definition) is 3. The monoisotopic (exact) mass is 265 g/mol. The zero-order valence-electron chi connectivity index (χ0n) is 11.3. The van der Waals surface area contributed by atoms with E-state index < -0.39 is 0 Å². The Bertz CT molecular complexity index is 480. The van der Waals surface area contributed by atoms with Crippen molar-refractivity contribution in [1.29, 1.82) is 5.41 Å². The van der Waals surface area contributed by atoms with Crippen molar-refractivity contribution < 1.29 is 4.39 Å². The molecular formula is C13H20FN5. The van der Waals surface area contributed by atoms with Gasteiger partial charge in [-0.3, -0.25) is 5.41 Å². The average Bonchev–Trinajstić information content (AvgIpc) is 2.35. The Kier molecular flexibility index (Phi) is 5.29. The number of guanidine groups is 2. The number of nitrogens with two attached hydrogens (primary N) is 2. The first kappa shape index (κ1) is 14.9. The maximum Gasteiger partial charge on any atom is 0.225 e. The van der Waals surface area contributed by atoms with Crippen LogP contribution in [-0.2, 0) is 6.42 Å². The van der Waals surface area contributed by atoms with Gasteiger partial charge in [0.05, 0.1) is 0 Å². The topological polar surface area (TPSA) is 91.5 Å². The first-order valence-corrected chi connectivity index (χ1v) is 6.23. The lowest BCUT2D eigenvalue weighted by molar-refractivity contribution is 0.625. The van der Waals surface area contributed by atoms with E-state index in [0.29, 0.717) is 13.0 Å². The van der Waals surface area contributed by atoms with Crippen LogP contribution < -0.4 is 16.4 Å². The molecule has 0 aliphatic rings. The molecule has 1 rings (SSSR count). The smallest absolute Gasteiger partial charge is 0.225 e. The van der Waals surface area contributed by atoms with Crippen molar-refractivity contribution in [2.24, 2.45) is 16.5 Å². The van der Waals surface area contributed by atoms with Crippen LogP contribution in [0.4, 0.5) is 10.1 Å². The van der Waals surface area contributed by atoms with Crippen LogP contribution in [0.1, 0.15) is 25.8 Å². The van der Waals surface area contributed by atoms with E-state index in [9.17, 15) is 4.39 Å². The third-order valence-corrected chi connectivity index (χ3v) is 2.65. The number of rotatable bonds is 4. The second-order valence-electron chi connectivity index (χ2n) is 4.14. The minimum absolute atomic E-state index is 0.0387. The summed E-state index contributed by atoms with van der Waals surface area (Å²) in [5, 5.41) is 7.93. The molecule has 6 heteroatoms. The van der Waals surface area contributed by atoms with Gasteiger partial charge in [-0.2, -0.15) is 4.99 Å². The largest absolute Gasteiger partial charge is 0.370 e. The van der Waals surface area contributed by atoms with Gasteiger partial charge in [0.15, 0.2) is 5.96 Å². The second kappa shape index (κ2) is 6.72. The van der Waals surface area contributed by atoms with Gasteiger partial charge in [-0.1, -0.05) is 13.8 Å². The maximum atomic E-state index is 13.3. The molecule has 0 fully saturated rings. The van der Waals surface area contributed by atoms with E-state index in [2.05, 4.69) is 4.99 Å². The summed E-state index contributed by atoms with van der Waals surface area (Å²) in [4.78, 5) is 5.44. The second-order valence-corrected chi connectivity index (χ2v) is 4.14. The van der Waals surface area contributed by atoms with Crippen molar-refractivity contribution in [2.45, 2.75) is 26.7 Å². The van der Waals surface area contributed by atoms with Gasteiger partial charge in [0.2, 0.25) is 5.96 Å². The Balaban J connectivity index is 3.19. The van der Waals surface area contributed by atoms with Crippen molar-refractivity contribution in [3.63, 3.8) is 0 Å². The predicted octanol–water partition coefficient (Wildman–Crippen LogP) is 1.81. The first-order chi connectivity index (χ1) is 8.99. The van der Waals surface area contributed by atoms with Gasteiger partial charge in [0.25, 0.3) is 0 Å². The molecule has 0 amide bonds. The predicted molar refractivity (Wildman–Crippen MR) is 77.0 cm³/mol. The van der Waals surface area contributed by atoms with Crippen molar-refractivity contribution in [3.8, 4) is 0 Å². The maximum absolute atomic E-state index is 13.3. The number of benzene rings is 1. The van der Waals surface area contributed by atoms with Crippen LogP contribution in [0.3, 0.4) is 0 Å². The summed E-state index contributed by atoms with van der Waals surface area (Å²) in [5.74, 6) is -0.486. The minimum atomic E-state index is -0.287. The molecule has 1 aromatic rings. The Morgan fingerprint density at radius 1 is 1.37 bits per heavy atom. The highest BCUT2D eigenvalue weighted by atomic mass is 19.1. The fourth-order valence-electron chi connectivity index (χ4n) is 1.85. The van der Waals surface area contributed by atoms with Crippen LogP contribution in [0.2, 0.25) is 0 Å². The fraction of sp³-hybridized carbons (Fsp3) is 0.385. The fourth-order valence-corrected chi connectivity index (χ4v) is 1.85. The number of anilines is 1. The summed E-state index contributed by atoms with van der Waals surface area (Å²) in [7, 11) is 0. The lowest BCUT2D eigenvalue weighted by atomic mass is 10.1. The highest BCUT2D eigenvalue weighted by molar-refractivity contribution is 6.01. The van der Waals surface area contributed by atoms with Crippen molar-refractivity contribution in [2.75, 3.05) is 11.4 Å². The quantitative estimate of drug-likeness (QED) is 0.572. The molecule has 0 saturated carbocycles. The average molecular weight is 265 g/mol. The number of aryl methyl sites for hydroxylation is 1. The number of aliphatic imine (C=N–C) groups is 1. The van der Waals surface area contributed by atoms with E-state index in [4.69, 9.17) is 16.9 Å². The summed E-state index contributed by atoms with van der Waals surface area (Å²) in [6, 6.07) is 4.50. The lowest BCUT2D eigenvalue weighted by Gasteiger charge is -2.24. The molecule has 104 valence electrons. The van der Waals surface area contributed by atoms with E-state index in [0.717, 1.165) is 17.7 Å². The Labute approximate surface area is 112 Å². The molecule has 0 unspecified atom stereocenters. The van der Waals surface area contributed by atoms with Gasteiger partial charge in [-0.15, -0.1) is 0 Å². The molecule has 0 atom stereocenters. The zero-order valence-corrected chi connectivity index (χ0v) is 11.3. The van der Waals surface area contributed by atoms with Gasteiger partial charge < -0.3 is 16.4 Å². The summed E-state index contributed by atoms with van der Waals surface area (Å²) in [6.45, 7) is 4.52. The summed E-state index contributed by atoms with van der Waals surface area (Å²) in [6.07, 6.45) is 1.49. The molecule has 5 N–H and O–H groups in total.